The minimum absolute atomic E-state index is 0.00979. The van der Waals surface area contributed by atoms with Gasteiger partial charge >= 0.3 is 6.18 Å². The molecule has 3 nitrogen and oxygen atoms in total. The first kappa shape index (κ1) is 12.3. The van der Waals surface area contributed by atoms with Crippen molar-refractivity contribution < 1.29 is 27.8 Å². The van der Waals surface area contributed by atoms with Crippen molar-refractivity contribution in [3.05, 3.63) is 23.8 Å². The standard InChI is InChI=1S/C11H11F3O3/c1-7-6-9(3-2-8(7)15)4-5-10(16,17-9)11(12,13)14/h2-3,6,16H,4-5H2,1H3. The summed E-state index contributed by atoms with van der Waals surface area (Å²) in [6.45, 7) is 1.50. The fraction of sp³-hybridized carbons (Fsp3) is 0.545. The molecular weight excluding hydrogens is 237 g/mol. The van der Waals surface area contributed by atoms with Crippen molar-refractivity contribution in [2.24, 2.45) is 0 Å². The fourth-order valence-electron chi connectivity index (χ4n) is 2.03. The molecule has 0 aromatic heterocycles. The van der Waals surface area contributed by atoms with Crippen molar-refractivity contribution in [3.63, 3.8) is 0 Å². The predicted molar refractivity (Wildman–Crippen MR) is 52.0 cm³/mol. The van der Waals surface area contributed by atoms with Gasteiger partial charge in [-0.05, 0) is 37.1 Å². The molecular formula is C11H11F3O3. The van der Waals surface area contributed by atoms with Gasteiger partial charge in [0, 0.05) is 6.42 Å². The van der Waals surface area contributed by atoms with Gasteiger partial charge in [0.05, 0.1) is 0 Å². The minimum Gasteiger partial charge on any atom is -0.358 e. The Morgan fingerprint density at radius 3 is 2.53 bits per heavy atom. The summed E-state index contributed by atoms with van der Waals surface area (Å²) in [5, 5.41) is 9.40. The van der Waals surface area contributed by atoms with Crippen molar-refractivity contribution in [2.75, 3.05) is 0 Å². The first-order valence-corrected chi connectivity index (χ1v) is 5.10. The van der Waals surface area contributed by atoms with E-state index in [-0.39, 0.29) is 12.2 Å². The Hall–Kier alpha value is -1.14. The van der Waals surface area contributed by atoms with Gasteiger partial charge in [-0.25, -0.2) is 0 Å². The molecule has 1 spiro atoms. The molecule has 2 aliphatic rings. The third-order valence-corrected chi connectivity index (χ3v) is 3.02. The monoisotopic (exact) mass is 248 g/mol. The summed E-state index contributed by atoms with van der Waals surface area (Å²) in [5.41, 5.74) is -0.999. The molecule has 0 aromatic carbocycles. The zero-order chi connectivity index (χ0) is 12.9. The van der Waals surface area contributed by atoms with Crippen molar-refractivity contribution in [1.82, 2.24) is 0 Å². The molecule has 1 heterocycles. The summed E-state index contributed by atoms with van der Waals surface area (Å²) in [7, 11) is 0. The first-order valence-electron chi connectivity index (χ1n) is 5.10. The van der Waals surface area contributed by atoms with Gasteiger partial charge in [-0.15, -0.1) is 0 Å². The fourth-order valence-corrected chi connectivity index (χ4v) is 2.03. The molecule has 2 unspecified atom stereocenters. The number of hydrogen-bond acceptors (Lipinski definition) is 3. The average molecular weight is 248 g/mol. The van der Waals surface area contributed by atoms with Crippen LogP contribution in [0.25, 0.3) is 0 Å². The van der Waals surface area contributed by atoms with Crippen molar-refractivity contribution in [1.29, 1.82) is 0 Å². The number of aliphatic hydroxyl groups is 1. The summed E-state index contributed by atoms with van der Waals surface area (Å²) in [6.07, 6.45) is -1.61. The van der Waals surface area contributed by atoms with Crippen molar-refractivity contribution in [2.45, 2.75) is 37.3 Å². The van der Waals surface area contributed by atoms with Gasteiger partial charge in [0.15, 0.2) is 5.78 Å². The molecule has 17 heavy (non-hydrogen) atoms. The largest absolute Gasteiger partial charge is 0.443 e. The lowest BCUT2D eigenvalue weighted by molar-refractivity contribution is -0.360. The third kappa shape index (κ3) is 1.91. The molecule has 0 bridgehead atoms. The highest BCUT2D eigenvalue weighted by atomic mass is 19.4. The Morgan fingerprint density at radius 2 is 2.06 bits per heavy atom. The number of halogens is 3. The summed E-state index contributed by atoms with van der Waals surface area (Å²) in [4.78, 5) is 11.2. The molecule has 0 saturated carbocycles. The van der Waals surface area contributed by atoms with Crippen LogP contribution in [0.1, 0.15) is 19.8 Å². The molecule has 2 rings (SSSR count). The van der Waals surface area contributed by atoms with Crippen LogP contribution in [-0.4, -0.2) is 28.5 Å². The van der Waals surface area contributed by atoms with Gasteiger partial charge in [-0.3, -0.25) is 4.79 Å². The van der Waals surface area contributed by atoms with Crippen LogP contribution in [0.5, 0.6) is 0 Å². The second-order valence-corrected chi connectivity index (χ2v) is 4.36. The van der Waals surface area contributed by atoms with Crippen LogP contribution < -0.4 is 0 Å². The Bertz CT molecular complexity index is 424. The number of allylic oxidation sites excluding steroid dienone is 2. The van der Waals surface area contributed by atoms with E-state index in [0.717, 1.165) is 0 Å². The van der Waals surface area contributed by atoms with Gasteiger partial charge in [-0.1, -0.05) is 0 Å². The normalized spacial score (nSPS) is 37.7. The highest BCUT2D eigenvalue weighted by Gasteiger charge is 2.62. The van der Waals surface area contributed by atoms with E-state index < -0.39 is 24.0 Å². The maximum Gasteiger partial charge on any atom is 0.443 e. The Kier molecular flexibility index (Phi) is 2.48. The SMILES string of the molecule is CC1=CC2(C=CC1=O)CCC(O)(C(F)(F)F)O2. The minimum atomic E-state index is -4.84. The second-order valence-electron chi connectivity index (χ2n) is 4.36. The smallest absolute Gasteiger partial charge is 0.358 e. The third-order valence-electron chi connectivity index (χ3n) is 3.02. The second kappa shape index (κ2) is 3.43. The van der Waals surface area contributed by atoms with E-state index >= 15 is 0 Å². The molecule has 1 fully saturated rings. The van der Waals surface area contributed by atoms with Gasteiger partial charge in [0.2, 0.25) is 0 Å². The molecule has 1 aliphatic heterocycles. The van der Waals surface area contributed by atoms with Crippen molar-refractivity contribution in [3.8, 4) is 0 Å². The quantitative estimate of drug-likeness (QED) is 0.711. The van der Waals surface area contributed by atoms with E-state index in [4.69, 9.17) is 4.74 Å². The van der Waals surface area contributed by atoms with Gasteiger partial charge < -0.3 is 9.84 Å². The van der Waals surface area contributed by atoms with Crippen LogP contribution >= 0.6 is 0 Å². The average Bonchev–Trinajstić information content (AvgIpc) is 2.52. The first-order chi connectivity index (χ1) is 7.68. The summed E-state index contributed by atoms with van der Waals surface area (Å²) < 4.78 is 42.5. The van der Waals surface area contributed by atoms with E-state index in [1.54, 1.807) is 0 Å². The molecule has 0 radical (unpaired) electrons. The number of ether oxygens (including phenoxy) is 1. The molecule has 0 aromatic rings. The zero-order valence-corrected chi connectivity index (χ0v) is 9.04. The van der Waals surface area contributed by atoms with Crippen LogP contribution in [0.15, 0.2) is 23.8 Å². The summed E-state index contributed by atoms with van der Waals surface area (Å²) in [5.74, 6) is -3.39. The van der Waals surface area contributed by atoms with E-state index in [1.807, 2.05) is 0 Å². The maximum absolute atomic E-state index is 12.6. The molecule has 1 aliphatic carbocycles. The number of carbonyl (C=O) groups excluding carboxylic acids is 1. The lowest BCUT2D eigenvalue weighted by Gasteiger charge is -2.30. The maximum atomic E-state index is 12.6. The van der Waals surface area contributed by atoms with Crippen LogP contribution in [0, 0.1) is 0 Å². The zero-order valence-electron chi connectivity index (χ0n) is 9.04. The Balaban J connectivity index is 2.29. The number of rotatable bonds is 0. The molecule has 94 valence electrons. The van der Waals surface area contributed by atoms with E-state index in [2.05, 4.69) is 0 Å². The van der Waals surface area contributed by atoms with Gasteiger partial charge in [0.1, 0.15) is 5.60 Å². The predicted octanol–water partition coefficient (Wildman–Crippen LogP) is 1.87. The highest BCUT2D eigenvalue weighted by Crippen LogP contribution is 2.47. The molecule has 1 N–H and O–H groups in total. The van der Waals surface area contributed by atoms with Crippen LogP contribution in [0.2, 0.25) is 0 Å². The Labute approximate surface area is 95.6 Å². The molecule has 1 saturated heterocycles. The van der Waals surface area contributed by atoms with Crippen molar-refractivity contribution >= 4 is 5.78 Å². The topological polar surface area (TPSA) is 46.5 Å². The molecule has 6 heteroatoms. The van der Waals surface area contributed by atoms with Crippen LogP contribution in [-0.2, 0) is 9.53 Å². The number of carbonyl (C=O) groups is 1. The summed E-state index contributed by atoms with van der Waals surface area (Å²) >= 11 is 0. The number of ketones is 1. The van der Waals surface area contributed by atoms with Crippen LogP contribution in [0.3, 0.4) is 0 Å². The van der Waals surface area contributed by atoms with E-state index in [9.17, 15) is 23.1 Å². The Morgan fingerprint density at radius 1 is 1.41 bits per heavy atom. The van der Waals surface area contributed by atoms with Gasteiger partial charge in [-0.2, -0.15) is 13.2 Å². The van der Waals surface area contributed by atoms with Gasteiger partial charge in [0.25, 0.3) is 5.79 Å². The lowest BCUT2D eigenvalue weighted by Crippen LogP contribution is -2.46. The molecule has 0 amide bonds. The van der Waals surface area contributed by atoms with E-state index in [0.29, 0.717) is 5.57 Å². The lowest BCUT2D eigenvalue weighted by atomic mass is 9.90. The highest BCUT2D eigenvalue weighted by molar-refractivity contribution is 6.04. The number of hydrogen-bond donors (Lipinski definition) is 1. The summed E-state index contributed by atoms with van der Waals surface area (Å²) in [6, 6.07) is 0. The van der Waals surface area contributed by atoms with E-state index in [1.165, 1.54) is 25.2 Å². The number of alkyl halides is 3. The molecule has 2 atom stereocenters. The van der Waals surface area contributed by atoms with Crippen LogP contribution in [0.4, 0.5) is 13.2 Å².